The fourth-order valence-electron chi connectivity index (χ4n) is 2.08. The number of fused-ring (bicyclic) bond motifs is 2. The summed E-state index contributed by atoms with van der Waals surface area (Å²) in [6.45, 7) is 1.95. The third-order valence-corrected chi connectivity index (χ3v) is 4.58. The van der Waals surface area contributed by atoms with Crippen LogP contribution in [0.3, 0.4) is 0 Å². The van der Waals surface area contributed by atoms with Gasteiger partial charge in [-0.15, -0.1) is 0 Å². The van der Waals surface area contributed by atoms with E-state index in [2.05, 4.69) is 9.88 Å². The molecule has 0 atom stereocenters. The summed E-state index contributed by atoms with van der Waals surface area (Å²) >= 11 is 7.53. The van der Waals surface area contributed by atoms with E-state index in [9.17, 15) is 4.79 Å². The number of aromatic nitrogens is 1. The third-order valence-electron chi connectivity index (χ3n) is 3.00. The first-order chi connectivity index (χ1) is 9.13. The number of nitrogens with zero attached hydrogens (tertiary/aromatic N) is 2. The Labute approximate surface area is 119 Å². The van der Waals surface area contributed by atoms with Gasteiger partial charge in [0.15, 0.2) is 0 Å². The van der Waals surface area contributed by atoms with Crippen molar-refractivity contribution in [3.8, 4) is 0 Å². The van der Waals surface area contributed by atoms with Crippen molar-refractivity contribution in [3.63, 3.8) is 0 Å². The van der Waals surface area contributed by atoms with Crippen molar-refractivity contribution in [1.29, 1.82) is 0 Å². The molecule has 0 unspecified atom stereocenters. The molecule has 3 rings (SSSR count). The van der Waals surface area contributed by atoms with Crippen LogP contribution in [-0.2, 0) is 0 Å². The Kier molecular flexibility index (Phi) is 2.95. The molecule has 19 heavy (non-hydrogen) atoms. The molecule has 0 saturated heterocycles. The summed E-state index contributed by atoms with van der Waals surface area (Å²) < 4.78 is 1.70. The third kappa shape index (κ3) is 1.81. The molecule has 3 nitrogen and oxygen atoms in total. The predicted molar refractivity (Wildman–Crippen MR) is 81.0 cm³/mol. The molecule has 0 aliphatic rings. The Morgan fingerprint density at radius 1 is 1.32 bits per heavy atom. The van der Waals surface area contributed by atoms with Crippen LogP contribution >= 0.6 is 22.9 Å². The Morgan fingerprint density at radius 3 is 2.84 bits per heavy atom. The summed E-state index contributed by atoms with van der Waals surface area (Å²) in [6.07, 6.45) is 1.60. The monoisotopic (exact) mass is 285 g/mol. The zero-order chi connectivity index (χ0) is 13.6. The summed E-state index contributed by atoms with van der Waals surface area (Å²) in [5, 5.41) is 1.15. The zero-order valence-corrected chi connectivity index (χ0v) is 11.5. The summed E-state index contributed by atoms with van der Waals surface area (Å²) in [5.74, 6) is 0. The van der Waals surface area contributed by atoms with Gasteiger partial charge in [-0.2, -0.15) is 0 Å². The summed E-state index contributed by atoms with van der Waals surface area (Å²) in [5.41, 5.74) is 1.32. The number of hydrogen-bond acceptors (Lipinski definition) is 4. The molecule has 0 aliphatic carbocycles. The van der Waals surface area contributed by atoms with E-state index >= 15 is 0 Å². The molecule has 1 aromatic carbocycles. The molecule has 2 aromatic heterocycles. The van der Waals surface area contributed by atoms with Gasteiger partial charge in [-0.25, -0.2) is 0 Å². The maximum absolute atomic E-state index is 12.6. The molecule has 0 saturated carbocycles. The van der Waals surface area contributed by atoms with Crippen LogP contribution in [0.1, 0.15) is 5.56 Å². The first-order valence-electron chi connectivity index (χ1n) is 5.55. The van der Waals surface area contributed by atoms with Crippen LogP contribution < -0.4 is 5.43 Å². The molecule has 6 heteroatoms. The Morgan fingerprint density at radius 2 is 2.11 bits per heavy atom. The second-order valence-corrected chi connectivity index (χ2v) is 5.55. The SMILES string of the molecule is [B]=Nc1ccc(C)c2sc3ccnc(Cl)c3c(=O)c12. The van der Waals surface area contributed by atoms with Crippen molar-refractivity contribution < 1.29 is 0 Å². The predicted octanol–water partition coefficient (Wildman–Crippen LogP) is 3.76. The van der Waals surface area contributed by atoms with Crippen molar-refractivity contribution >= 4 is 56.4 Å². The topological polar surface area (TPSA) is 42.3 Å². The van der Waals surface area contributed by atoms with E-state index in [1.165, 1.54) is 11.3 Å². The molecule has 1 radical (unpaired) electrons. The van der Waals surface area contributed by atoms with Crippen LogP contribution in [0.5, 0.6) is 0 Å². The number of benzene rings is 1. The fourth-order valence-corrected chi connectivity index (χ4v) is 3.55. The standard InChI is InChI=1S/C13H7BClN2OS/c1-6-2-3-7(17-14)9-11(18)10-8(19-12(6)9)4-5-16-13(10)15/h2-5H,1H3. The molecular weight excluding hydrogens is 278 g/mol. The van der Waals surface area contributed by atoms with E-state index in [4.69, 9.17) is 19.2 Å². The Hall–Kier alpha value is -1.59. The van der Waals surface area contributed by atoms with Gasteiger partial charge in [0.1, 0.15) is 0 Å². The average Bonchev–Trinajstić information content (AvgIpc) is 2.40. The number of aryl methyl sites for hydroxylation is 1. The van der Waals surface area contributed by atoms with Gasteiger partial charge in [-0.3, -0.25) is 0 Å². The van der Waals surface area contributed by atoms with Gasteiger partial charge in [0.05, 0.1) is 0 Å². The number of pyridine rings is 1. The van der Waals surface area contributed by atoms with Crippen molar-refractivity contribution in [1.82, 2.24) is 4.98 Å². The number of rotatable bonds is 1. The number of hydrogen-bond donors (Lipinski definition) is 0. The van der Waals surface area contributed by atoms with Crippen LogP contribution in [0.25, 0.3) is 20.2 Å². The molecule has 3 aromatic rings. The molecule has 2 heterocycles. The van der Waals surface area contributed by atoms with Gasteiger partial charge in [-0.1, -0.05) is 0 Å². The molecule has 0 fully saturated rings. The molecule has 0 N–H and O–H groups in total. The second kappa shape index (κ2) is 4.51. The van der Waals surface area contributed by atoms with Crippen molar-refractivity contribution in [2.45, 2.75) is 6.92 Å². The summed E-state index contributed by atoms with van der Waals surface area (Å²) in [6, 6.07) is 5.43. The number of halogens is 1. The zero-order valence-electron chi connectivity index (χ0n) is 9.98. The second-order valence-electron chi connectivity index (χ2n) is 4.14. The van der Waals surface area contributed by atoms with Gasteiger partial charge < -0.3 is 0 Å². The van der Waals surface area contributed by atoms with E-state index < -0.39 is 0 Å². The Bertz CT molecular complexity index is 891. The van der Waals surface area contributed by atoms with E-state index in [0.29, 0.717) is 16.5 Å². The van der Waals surface area contributed by atoms with Crippen LogP contribution in [0.15, 0.2) is 34.1 Å². The van der Waals surface area contributed by atoms with E-state index in [0.717, 1.165) is 15.0 Å². The van der Waals surface area contributed by atoms with Crippen molar-refractivity contribution in [3.05, 3.63) is 45.3 Å². The van der Waals surface area contributed by atoms with E-state index in [-0.39, 0.29) is 10.6 Å². The average molecular weight is 286 g/mol. The van der Waals surface area contributed by atoms with Crippen LogP contribution in [0.4, 0.5) is 5.69 Å². The molecule has 0 amide bonds. The van der Waals surface area contributed by atoms with Crippen LogP contribution in [-0.4, -0.2) is 12.6 Å². The minimum atomic E-state index is -0.172. The van der Waals surface area contributed by atoms with E-state index in [1.807, 2.05) is 13.0 Å². The van der Waals surface area contributed by atoms with Crippen molar-refractivity contribution in [2.24, 2.45) is 4.90 Å². The first kappa shape index (κ1) is 12.4. The molecular formula is C13H7BClN2OS. The Balaban J connectivity index is 2.70. The molecule has 91 valence electrons. The van der Waals surface area contributed by atoms with Crippen LogP contribution in [0, 0.1) is 6.92 Å². The van der Waals surface area contributed by atoms with Crippen molar-refractivity contribution in [2.75, 3.05) is 0 Å². The minimum absolute atomic E-state index is 0.172. The fraction of sp³-hybridized carbons (Fsp3) is 0.0769. The normalized spacial score (nSPS) is 11.0. The van der Waals surface area contributed by atoms with Gasteiger partial charge in [0.2, 0.25) is 0 Å². The summed E-state index contributed by atoms with van der Waals surface area (Å²) in [7, 11) is 5.36. The van der Waals surface area contributed by atoms with Gasteiger partial charge in [0, 0.05) is 0 Å². The molecule has 0 bridgehead atoms. The first-order valence-corrected chi connectivity index (χ1v) is 6.74. The quantitative estimate of drug-likeness (QED) is 0.388. The summed E-state index contributed by atoms with van der Waals surface area (Å²) in [4.78, 5) is 20.3. The van der Waals surface area contributed by atoms with Gasteiger partial charge >= 0.3 is 119 Å². The van der Waals surface area contributed by atoms with Gasteiger partial charge in [0.25, 0.3) is 0 Å². The van der Waals surface area contributed by atoms with Gasteiger partial charge in [-0.05, 0) is 0 Å². The van der Waals surface area contributed by atoms with E-state index in [1.54, 1.807) is 18.3 Å². The van der Waals surface area contributed by atoms with Crippen LogP contribution in [0.2, 0.25) is 5.15 Å². The molecule has 0 aliphatic heterocycles. The maximum atomic E-state index is 12.6. The molecule has 0 spiro atoms.